The average Bonchev–Trinajstić information content (AvgIpc) is 3.10. The number of ether oxygens (including phenoxy) is 2. The lowest BCUT2D eigenvalue weighted by Crippen LogP contribution is -2.62. The molecular formula is C40H51ClN6O6. The monoisotopic (exact) mass is 746 g/mol. The highest BCUT2D eigenvalue weighted by Crippen LogP contribution is 2.33. The molecule has 0 fully saturated rings. The molecular weight excluding hydrogens is 696 g/mol. The van der Waals surface area contributed by atoms with Crippen LogP contribution in [-0.4, -0.2) is 80.9 Å². The standard InChI is InChI=1S/C40H51ClN6O6/c1-24(46(8)38(51)53-40(5,6)7)35(48)45-34(39(2,3)4)37(50)47-22-28-18-29(52-33-20-32(41)43-23-44-33)17-16-26(28)19-31(47)36(49)42-21-27-14-11-13-25-12-9-10-15-30(25)27/h9-10,12,15-18,20,23-24,27,31,34H,11,13-14,19,21-22H2,1-8H3,(H,42,49)(H,45,48)/t24-,27?,31-,34+/m0/s1. The molecule has 0 saturated heterocycles. The van der Waals surface area contributed by atoms with Gasteiger partial charge in [0, 0.05) is 38.5 Å². The van der Waals surface area contributed by atoms with E-state index in [1.165, 1.54) is 35.5 Å². The van der Waals surface area contributed by atoms with Crippen LogP contribution in [0.5, 0.6) is 11.6 Å². The summed E-state index contributed by atoms with van der Waals surface area (Å²) in [6, 6.07) is 12.5. The first-order chi connectivity index (χ1) is 24.9. The number of hydrogen-bond donors (Lipinski definition) is 2. The van der Waals surface area contributed by atoms with Crippen molar-refractivity contribution in [3.63, 3.8) is 0 Å². The summed E-state index contributed by atoms with van der Waals surface area (Å²) in [5.41, 5.74) is 2.73. The number of carbonyl (C=O) groups is 4. The largest absolute Gasteiger partial charge is 0.444 e. The number of aromatic nitrogens is 2. The zero-order valence-corrected chi connectivity index (χ0v) is 32.6. The van der Waals surface area contributed by atoms with E-state index in [0.717, 1.165) is 30.4 Å². The third-order valence-electron chi connectivity index (χ3n) is 9.78. The van der Waals surface area contributed by atoms with Crippen molar-refractivity contribution in [2.45, 2.75) is 110 Å². The Morgan fingerprint density at radius 3 is 2.43 bits per heavy atom. The van der Waals surface area contributed by atoms with E-state index in [1.807, 2.05) is 45.0 Å². The smallest absolute Gasteiger partial charge is 0.410 e. The van der Waals surface area contributed by atoms with Crippen molar-refractivity contribution >= 4 is 35.4 Å². The number of amides is 4. The lowest BCUT2D eigenvalue weighted by atomic mass is 9.82. The van der Waals surface area contributed by atoms with Gasteiger partial charge in [0.15, 0.2) is 0 Å². The second-order valence-electron chi connectivity index (χ2n) is 16.0. The number of nitrogens with zero attached hydrogens (tertiary/aromatic N) is 4. The lowest BCUT2D eigenvalue weighted by Gasteiger charge is -2.41. The van der Waals surface area contributed by atoms with Gasteiger partial charge in [0.2, 0.25) is 23.6 Å². The number of nitrogens with one attached hydrogen (secondary N) is 2. The molecule has 1 aliphatic heterocycles. The van der Waals surface area contributed by atoms with Crippen LogP contribution < -0.4 is 15.4 Å². The molecule has 4 atom stereocenters. The SMILES string of the molecule is C[C@@H](C(=O)N[C@H](C(=O)N1Cc2cc(Oc3cc(Cl)ncn3)ccc2C[C@H]1C(=O)NCC1CCCc2ccccc21)C(C)(C)C)N(C)C(=O)OC(C)(C)C. The van der Waals surface area contributed by atoms with E-state index in [0.29, 0.717) is 12.3 Å². The van der Waals surface area contributed by atoms with Crippen LogP contribution in [0.4, 0.5) is 4.79 Å². The Morgan fingerprint density at radius 2 is 1.74 bits per heavy atom. The fraction of sp³-hybridized carbons (Fsp3) is 0.500. The number of carbonyl (C=O) groups excluding carboxylic acids is 4. The summed E-state index contributed by atoms with van der Waals surface area (Å²) >= 11 is 6.04. The van der Waals surface area contributed by atoms with E-state index >= 15 is 0 Å². The minimum atomic E-state index is -1.03. The quantitative estimate of drug-likeness (QED) is 0.247. The van der Waals surface area contributed by atoms with E-state index in [9.17, 15) is 19.2 Å². The van der Waals surface area contributed by atoms with Crippen molar-refractivity contribution in [3.8, 4) is 11.6 Å². The minimum Gasteiger partial charge on any atom is -0.444 e. The molecule has 3 aromatic rings. The second-order valence-corrected chi connectivity index (χ2v) is 16.4. The van der Waals surface area contributed by atoms with Gasteiger partial charge in [-0.15, -0.1) is 0 Å². The van der Waals surface area contributed by atoms with E-state index in [-0.39, 0.29) is 35.8 Å². The molecule has 0 spiro atoms. The molecule has 4 amide bonds. The van der Waals surface area contributed by atoms with Gasteiger partial charge in [-0.25, -0.2) is 14.8 Å². The molecule has 5 rings (SSSR count). The first-order valence-electron chi connectivity index (χ1n) is 18.1. The van der Waals surface area contributed by atoms with E-state index in [2.05, 4.69) is 32.7 Å². The van der Waals surface area contributed by atoms with Gasteiger partial charge in [0.1, 0.15) is 41.0 Å². The van der Waals surface area contributed by atoms with Crippen molar-refractivity contribution in [1.29, 1.82) is 0 Å². The number of aryl methyl sites for hydroxylation is 1. The van der Waals surface area contributed by atoms with Crippen molar-refractivity contribution in [2.75, 3.05) is 13.6 Å². The molecule has 1 unspecified atom stereocenters. The normalized spacial score (nSPS) is 18.1. The number of rotatable bonds is 9. The van der Waals surface area contributed by atoms with Crippen LogP contribution >= 0.6 is 11.6 Å². The summed E-state index contributed by atoms with van der Waals surface area (Å²) in [4.78, 5) is 66.2. The Morgan fingerprint density at radius 1 is 1.00 bits per heavy atom. The first-order valence-corrected chi connectivity index (χ1v) is 18.5. The van der Waals surface area contributed by atoms with Gasteiger partial charge < -0.3 is 25.0 Å². The molecule has 0 bridgehead atoms. The van der Waals surface area contributed by atoms with Gasteiger partial charge >= 0.3 is 6.09 Å². The maximum Gasteiger partial charge on any atom is 0.410 e. The highest BCUT2D eigenvalue weighted by atomic mass is 35.5. The van der Waals surface area contributed by atoms with E-state index in [1.54, 1.807) is 38.7 Å². The molecule has 284 valence electrons. The first kappa shape index (κ1) is 39.5. The minimum absolute atomic E-state index is 0.0933. The van der Waals surface area contributed by atoms with Crippen molar-refractivity contribution < 1.29 is 28.7 Å². The number of hydrogen-bond acceptors (Lipinski definition) is 8. The number of likely N-dealkylation sites (N-methyl/N-ethyl adjacent to an activating group) is 1. The van der Waals surface area contributed by atoms with Crippen LogP contribution in [0.25, 0.3) is 0 Å². The molecule has 0 saturated carbocycles. The molecule has 13 heteroatoms. The molecule has 2 aliphatic rings. The molecule has 2 aromatic carbocycles. The van der Waals surface area contributed by atoms with Crippen molar-refractivity contribution in [2.24, 2.45) is 5.41 Å². The summed E-state index contributed by atoms with van der Waals surface area (Å²) in [5, 5.41) is 6.33. The summed E-state index contributed by atoms with van der Waals surface area (Å²) < 4.78 is 11.4. The predicted molar refractivity (Wildman–Crippen MR) is 202 cm³/mol. The number of fused-ring (bicyclic) bond motifs is 2. The maximum atomic E-state index is 14.8. The summed E-state index contributed by atoms with van der Waals surface area (Å²) in [6.07, 6.45) is 3.92. The van der Waals surface area contributed by atoms with Gasteiger partial charge in [-0.05, 0) is 86.8 Å². The lowest BCUT2D eigenvalue weighted by molar-refractivity contribution is -0.147. The molecule has 2 N–H and O–H groups in total. The number of benzene rings is 2. The fourth-order valence-corrected chi connectivity index (χ4v) is 6.87. The highest BCUT2D eigenvalue weighted by molar-refractivity contribution is 6.29. The predicted octanol–water partition coefficient (Wildman–Crippen LogP) is 6.20. The molecule has 0 radical (unpaired) electrons. The molecule has 2 heterocycles. The Balaban J connectivity index is 1.41. The van der Waals surface area contributed by atoms with Gasteiger partial charge in [0.25, 0.3) is 0 Å². The van der Waals surface area contributed by atoms with Gasteiger partial charge in [-0.1, -0.05) is 62.7 Å². The zero-order chi connectivity index (χ0) is 38.7. The average molecular weight is 747 g/mol. The summed E-state index contributed by atoms with van der Waals surface area (Å²) in [5.74, 6) is -0.300. The summed E-state index contributed by atoms with van der Waals surface area (Å²) in [6.45, 7) is 12.9. The van der Waals surface area contributed by atoms with Gasteiger partial charge in [0.05, 0.1) is 0 Å². The Bertz CT molecular complexity index is 1840. The molecule has 12 nitrogen and oxygen atoms in total. The second kappa shape index (κ2) is 16.1. The Kier molecular flexibility index (Phi) is 12.0. The number of halogens is 1. The molecule has 1 aromatic heterocycles. The van der Waals surface area contributed by atoms with Crippen LogP contribution in [0.1, 0.15) is 89.5 Å². The fourth-order valence-electron chi connectivity index (χ4n) is 6.74. The van der Waals surface area contributed by atoms with Crippen LogP contribution in [0.2, 0.25) is 5.15 Å². The van der Waals surface area contributed by atoms with Crippen molar-refractivity contribution in [3.05, 3.63) is 82.3 Å². The van der Waals surface area contributed by atoms with Crippen LogP contribution in [0, 0.1) is 5.41 Å². The van der Waals surface area contributed by atoms with E-state index < -0.39 is 47.0 Å². The highest BCUT2D eigenvalue weighted by Gasteiger charge is 2.43. The molecule has 53 heavy (non-hydrogen) atoms. The van der Waals surface area contributed by atoms with Crippen LogP contribution in [-0.2, 0) is 38.5 Å². The van der Waals surface area contributed by atoms with Gasteiger partial charge in [-0.2, -0.15) is 0 Å². The third-order valence-corrected chi connectivity index (χ3v) is 9.99. The topological polar surface area (TPSA) is 143 Å². The summed E-state index contributed by atoms with van der Waals surface area (Å²) in [7, 11) is 1.48. The van der Waals surface area contributed by atoms with Crippen LogP contribution in [0.15, 0.2) is 54.9 Å². The van der Waals surface area contributed by atoms with Crippen molar-refractivity contribution in [1.82, 2.24) is 30.4 Å². The zero-order valence-electron chi connectivity index (χ0n) is 31.9. The third kappa shape index (κ3) is 9.84. The van der Waals surface area contributed by atoms with Crippen LogP contribution in [0.3, 0.4) is 0 Å². The Hall–Kier alpha value is -4.71. The molecule has 1 aliphatic carbocycles. The maximum absolute atomic E-state index is 14.8. The Labute approximate surface area is 317 Å². The van der Waals surface area contributed by atoms with Gasteiger partial charge in [-0.3, -0.25) is 19.3 Å². The van der Waals surface area contributed by atoms with E-state index in [4.69, 9.17) is 21.1 Å².